The minimum absolute atomic E-state index is 0.184. The highest BCUT2D eigenvalue weighted by molar-refractivity contribution is 6.30. The Bertz CT molecular complexity index is 258. The molecule has 1 radical (unpaired) electrons. The summed E-state index contributed by atoms with van der Waals surface area (Å²) in [6.45, 7) is 0. The Kier molecular flexibility index (Phi) is 1.92. The van der Waals surface area contributed by atoms with Crippen LogP contribution in [0.25, 0.3) is 0 Å². The number of hydrogen-bond acceptors (Lipinski definition) is 1. The van der Waals surface area contributed by atoms with E-state index in [9.17, 15) is 4.79 Å². The first-order valence-electron chi connectivity index (χ1n) is 2.60. The van der Waals surface area contributed by atoms with Gasteiger partial charge in [-0.15, -0.1) is 0 Å². The van der Waals surface area contributed by atoms with Crippen molar-refractivity contribution in [3.63, 3.8) is 0 Å². The Morgan fingerprint density at radius 2 is 2.40 bits per heavy atom. The molecule has 10 heavy (non-hydrogen) atoms. The summed E-state index contributed by atoms with van der Waals surface area (Å²) < 4.78 is 0. The summed E-state index contributed by atoms with van der Waals surface area (Å²) in [4.78, 5) is 10.3. The third-order valence-corrected chi connectivity index (χ3v) is 1.23. The van der Waals surface area contributed by atoms with E-state index in [0.29, 0.717) is 5.02 Å². The number of rotatable bonds is 1. The molecule has 2 nitrogen and oxygen atoms in total. The molecule has 0 unspecified atom stereocenters. The summed E-state index contributed by atoms with van der Waals surface area (Å²) in [7, 11) is 0. The molecule has 1 rings (SSSR count). The summed E-state index contributed by atoms with van der Waals surface area (Å²) >= 11 is 5.47. The van der Waals surface area contributed by atoms with E-state index in [2.05, 4.69) is 6.07 Å². The summed E-state index contributed by atoms with van der Waals surface area (Å²) in [5, 5.41) is 8.76. The molecule has 3 heteroatoms. The highest BCUT2D eigenvalue weighted by Gasteiger charge is 2.00. The number of carbonyl (C=O) groups is 1. The zero-order valence-electron chi connectivity index (χ0n) is 4.97. The van der Waals surface area contributed by atoms with Crippen molar-refractivity contribution >= 4 is 17.6 Å². The SMILES string of the molecule is O=C(O)c1cc[c]c(Cl)c1. The average molecular weight is 156 g/mol. The molecule has 0 aromatic heterocycles. The molecule has 0 saturated heterocycles. The van der Waals surface area contributed by atoms with Crippen molar-refractivity contribution in [2.45, 2.75) is 0 Å². The van der Waals surface area contributed by atoms with E-state index in [-0.39, 0.29) is 5.56 Å². The summed E-state index contributed by atoms with van der Waals surface area (Å²) in [5.74, 6) is -0.976. The van der Waals surface area contributed by atoms with Gasteiger partial charge in [-0.3, -0.25) is 0 Å². The quantitative estimate of drug-likeness (QED) is 0.672. The van der Waals surface area contributed by atoms with E-state index in [1.54, 1.807) is 0 Å². The monoisotopic (exact) mass is 155 g/mol. The molecule has 0 bridgehead atoms. The summed E-state index contributed by atoms with van der Waals surface area (Å²) in [6.07, 6.45) is 0. The molecule has 0 aliphatic rings. The van der Waals surface area contributed by atoms with Crippen LogP contribution in [-0.4, -0.2) is 11.1 Å². The summed E-state index contributed by atoms with van der Waals surface area (Å²) in [5.41, 5.74) is 0.184. The minimum atomic E-state index is -0.976. The third-order valence-electron chi connectivity index (χ3n) is 1.01. The third kappa shape index (κ3) is 1.48. The number of aromatic carboxylic acids is 1. The largest absolute Gasteiger partial charge is 0.478 e. The van der Waals surface area contributed by atoms with Gasteiger partial charge in [-0.05, 0) is 12.1 Å². The molecule has 1 N–H and O–H groups in total. The number of carboxylic acids is 1. The van der Waals surface area contributed by atoms with E-state index in [0.717, 1.165) is 0 Å². The van der Waals surface area contributed by atoms with Crippen LogP contribution in [0, 0.1) is 6.07 Å². The lowest BCUT2D eigenvalue weighted by molar-refractivity contribution is 0.0697. The van der Waals surface area contributed by atoms with Crippen LogP contribution < -0.4 is 0 Å². The van der Waals surface area contributed by atoms with E-state index in [4.69, 9.17) is 16.7 Å². The molecule has 0 aliphatic heterocycles. The highest BCUT2D eigenvalue weighted by atomic mass is 35.5. The molecule has 1 aromatic carbocycles. The van der Waals surface area contributed by atoms with Gasteiger partial charge in [0, 0.05) is 11.1 Å². The highest BCUT2D eigenvalue weighted by Crippen LogP contribution is 2.09. The molecular weight excluding hydrogens is 152 g/mol. The van der Waals surface area contributed by atoms with Gasteiger partial charge in [0.15, 0.2) is 0 Å². The van der Waals surface area contributed by atoms with Crippen LogP contribution in [0.1, 0.15) is 10.4 Å². The fourth-order valence-corrected chi connectivity index (χ4v) is 0.751. The smallest absolute Gasteiger partial charge is 0.335 e. The minimum Gasteiger partial charge on any atom is -0.478 e. The van der Waals surface area contributed by atoms with Crippen molar-refractivity contribution in [1.29, 1.82) is 0 Å². The van der Waals surface area contributed by atoms with Gasteiger partial charge in [-0.1, -0.05) is 17.7 Å². The second-order valence-electron chi connectivity index (χ2n) is 1.73. The maximum absolute atomic E-state index is 10.3. The Morgan fingerprint density at radius 3 is 2.80 bits per heavy atom. The van der Waals surface area contributed by atoms with E-state index in [1.165, 1.54) is 18.2 Å². The zero-order chi connectivity index (χ0) is 7.56. The van der Waals surface area contributed by atoms with Crippen molar-refractivity contribution in [2.24, 2.45) is 0 Å². The van der Waals surface area contributed by atoms with E-state index < -0.39 is 5.97 Å². The normalized spacial score (nSPS) is 9.30. The second kappa shape index (κ2) is 2.71. The number of benzene rings is 1. The molecule has 0 amide bonds. The number of hydrogen-bond donors (Lipinski definition) is 1. The predicted molar refractivity (Wildman–Crippen MR) is 37.2 cm³/mol. The first kappa shape index (κ1) is 7.09. The van der Waals surface area contributed by atoms with Gasteiger partial charge < -0.3 is 5.11 Å². The van der Waals surface area contributed by atoms with Crippen molar-refractivity contribution in [1.82, 2.24) is 0 Å². The fourth-order valence-electron chi connectivity index (χ4n) is 0.570. The Labute approximate surface area is 63.1 Å². The van der Waals surface area contributed by atoms with Gasteiger partial charge in [0.2, 0.25) is 0 Å². The second-order valence-corrected chi connectivity index (χ2v) is 2.14. The maximum Gasteiger partial charge on any atom is 0.335 e. The first-order valence-corrected chi connectivity index (χ1v) is 2.98. The van der Waals surface area contributed by atoms with Crippen LogP contribution in [0.5, 0.6) is 0 Å². The number of halogens is 1. The molecule has 51 valence electrons. The van der Waals surface area contributed by atoms with Crippen LogP contribution in [0.3, 0.4) is 0 Å². The predicted octanol–water partition coefficient (Wildman–Crippen LogP) is 1.84. The average Bonchev–Trinajstić information content (AvgIpc) is 1.88. The Balaban J connectivity index is 3.07. The maximum atomic E-state index is 10.3. The topological polar surface area (TPSA) is 37.3 Å². The molecule has 0 atom stereocenters. The van der Waals surface area contributed by atoms with Crippen LogP contribution in [-0.2, 0) is 0 Å². The molecule has 0 spiro atoms. The van der Waals surface area contributed by atoms with Gasteiger partial charge in [-0.2, -0.15) is 0 Å². The van der Waals surface area contributed by atoms with E-state index in [1.807, 2.05) is 0 Å². The standard InChI is InChI=1S/C7H4ClO2/c8-6-3-1-2-5(4-6)7(9)10/h1-2,4H,(H,9,10). The molecule has 0 saturated carbocycles. The van der Waals surface area contributed by atoms with Gasteiger partial charge in [0.1, 0.15) is 0 Å². The fraction of sp³-hybridized carbons (Fsp3) is 0. The van der Waals surface area contributed by atoms with Crippen molar-refractivity contribution in [3.8, 4) is 0 Å². The molecular formula is C7H4ClO2. The van der Waals surface area contributed by atoms with Crippen molar-refractivity contribution in [3.05, 3.63) is 34.9 Å². The van der Waals surface area contributed by atoms with Crippen LogP contribution in [0.15, 0.2) is 18.2 Å². The van der Waals surface area contributed by atoms with Gasteiger partial charge in [0.05, 0.1) is 5.56 Å². The lowest BCUT2D eigenvalue weighted by atomic mass is 10.2. The van der Waals surface area contributed by atoms with Crippen LogP contribution in [0.4, 0.5) is 0 Å². The van der Waals surface area contributed by atoms with Gasteiger partial charge >= 0.3 is 5.97 Å². The molecule has 1 aromatic rings. The zero-order valence-corrected chi connectivity index (χ0v) is 5.72. The van der Waals surface area contributed by atoms with Gasteiger partial charge in [-0.25, -0.2) is 4.79 Å². The van der Waals surface area contributed by atoms with Crippen molar-refractivity contribution in [2.75, 3.05) is 0 Å². The van der Waals surface area contributed by atoms with Gasteiger partial charge in [0.25, 0.3) is 0 Å². The van der Waals surface area contributed by atoms with E-state index >= 15 is 0 Å². The molecule has 0 heterocycles. The Hall–Kier alpha value is -1.02. The number of carboxylic acid groups (broad SMARTS) is 1. The molecule has 0 fully saturated rings. The lowest BCUT2D eigenvalue weighted by Crippen LogP contribution is -1.94. The Morgan fingerprint density at radius 1 is 1.70 bits per heavy atom. The van der Waals surface area contributed by atoms with Crippen molar-refractivity contribution < 1.29 is 9.90 Å². The molecule has 0 aliphatic carbocycles. The lowest BCUT2D eigenvalue weighted by Gasteiger charge is -1.91. The van der Waals surface area contributed by atoms with Crippen LogP contribution >= 0.6 is 11.6 Å². The first-order chi connectivity index (χ1) is 4.70. The summed E-state index contributed by atoms with van der Waals surface area (Å²) in [6, 6.07) is 6.90. The van der Waals surface area contributed by atoms with Crippen LogP contribution in [0.2, 0.25) is 5.02 Å².